The Labute approximate surface area is 252 Å². The molecule has 0 aliphatic heterocycles. The van der Waals surface area contributed by atoms with Crippen molar-refractivity contribution in [1.82, 2.24) is 5.32 Å². The number of hydrogen-bond donors (Lipinski definition) is 3. The number of halogens is 1. The quantitative estimate of drug-likeness (QED) is 0.196. The SMILES string of the molecule is COc1ccc(Oc2cccc(F)c2CNc2ccc(CNC(=O)CO[C@@H]3C[C@H](C)CC[C@H]3C(C)C)cc2)c(C(=O)O)c1. The highest BCUT2D eigenvalue weighted by atomic mass is 19.1. The second-order valence-corrected chi connectivity index (χ2v) is 11.5. The van der Waals surface area contributed by atoms with E-state index in [4.69, 9.17) is 14.2 Å². The van der Waals surface area contributed by atoms with Crippen molar-refractivity contribution < 1.29 is 33.3 Å². The molecule has 1 fully saturated rings. The molecule has 3 N–H and O–H groups in total. The van der Waals surface area contributed by atoms with E-state index in [1.165, 1.54) is 37.8 Å². The van der Waals surface area contributed by atoms with E-state index in [2.05, 4.69) is 31.4 Å². The summed E-state index contributed by atoms with van der Waals surface area (Å²) in [5.74, 6) is 0.463. The Bertz CT molecular complexity index is 1390. The van der Waals surface area contributed by atoms with Gasteiger partial charge in [-0.1, -0.05) is 45.4 Å². The minimum absolute atomic E-state index is 0.0533. The first-order valence-corrected chi connectivity index (χ1v) is 14.7. The Morgan fingerprint density at radius 3 is 2.49 bits per heavy atom. The Hall–Kier alpha value is -4.11. The number of carboxylic acid groups (broad SMARTS) is 1. The van der Waals surface area contributed by atoms with E-state index in [1.807, 2.05) is 24.3 Å². The third kappa shape index (κ3) is 8.70. The molecule has 0 aromatic heterocycles. The molecule has 0 spiro atoms. The maximum absolute atomic E-state index is 14.8. The average molecular weight is 593 g/mol. The van der Waals surface area contributed by atoms with Crippen LogP contribution in [0.2, 0.25) is 0 Å². The number of aromatic carboxylic acids is 1. The number of amides is 1. The number of methoxy groups -OCH3 is 1. The third-order valence-electron chi connectivity index (χ3n) is 8.02. The maximum Gasteiger partial charge on any atom is 0.339 e. The fourth-order valence-corrected chi connectivity index (χ4v) is 5.49. The summed E-state index contributed by atoms with van der Waals surface area (Å²) in [6.07, 6.45) is 3.48. The molecule has 1 amide bonds. The van der Waals surface area contributed by atoms with Gasteiger partial charge < -0.3 is 30.0 Å². The van der Waals surface area contributed by atoms with Gasteiger partial charge in [0.05, 0.1) is 13.2 Å². The summed E-state index contributed by atoms with van der Waals surface area (Å²) in [6.45, 7) is 7.21. The first-order valence-electron chi connectivity index (χ1n) is 14.7. The van der Waals surface area contributed by atoms with Crippen molar-refractivity contribution in [2.45, 2.75) is 59.2 Å². The van der Waals surface area contributed by atoms with Gasteiger partial charge in [-0.3, -0.25) is 4.79 Å². The van der Waals surface area contributed by atoms with Gasteiger partial charge in [0, 0.05) is 24.3 Å². The van der Waals surface area contributed by atoms with Crippen LogP contribution in [0.25, 0.3) is 0 Å². The van der Waals surface area contributed by atoms with Crippen LogP contribution in [0.3, 0.4) is 0 Å². The highest BCUT2D eigenvalue weighted by molar-refractivity contribution is 5.91. The number of nitrogens with one attached hydrogen (secondary N) is 2. The molecule has 1 aliphatic carbocycles. The van der Waals surface area contributed by atoms with Gasteiger partial charge in [-0.25, -0.2) is 9.18 Å². The van der Waals surface area contributed by atoms with Gasteiger partial charge in [0.2, 0.25) is 5.91 Å². The van der Waals surface area contributed by atoms with Gasteiger partial charge in [0.25, 0.3) is 0 Å². The monoisotopic (exact) mass is 592 g/mol. The Kier molecular flexibility index (Phi) is 11.0. The molecule has 43 heavy (non-hydrogen) atoms. The standard InChI is InChI=1S/C34H41FN2O6/c1-21(2)26-14-8-22(3)16-32(26)42-20-33(38)37-18-23-9-11-24(12-10-23)36-19-28-29(35)6-5-7-30(28)43-31-15-13-25(41-4)17-27(31)34(39)40/h5-7,9-13,15,17,21-22,26,32,36H,8,14,16,18-20H2,1-4H3,(H,37,38)(H,39,40)/t22-,26+,32-/m1/s1. The van der Waals surface area contributed by atoms with Crippen LogP contribution in [0.15, 0.2) is 60.7 Å². The molecular formula is C34H41FN2O6. The number of ether oxygens (including phenoxy) is 3. The van der Waals surface area contributed by atoms with Crippen LogP contribution in [-0.4, -0.2) is 36.8 Å². The minimum atomic E-state index is -1.19. The number of hydrogen-bond acceptors (Lipinski definition) is 6. The topological polar surface area (TPSA) is 106 Å². The molecule has 3 aromatic rings. The molecular weight excluding hydrogens is 551 g/mol. The molecule has 0 unspecified atom stereocenters. The van der Waals surface area contributed by atoms with Gasteiger partial charge in [-0.05, 0) is 78.6 Å². The van der Waals surface area contributed by atoms with Crippen molar-refractivity contribution in [3.8, 4) is 17.2 Å². The molecule has 3 aromatic carbocycles. The molecule has 0 radical (unpaired) electrons. The van der Waals surface area contributed by atoms with Gasteiger partial charge >= 0.3 is 5.97 Å². The lowest BCUT2D eigenvalue weighted by Crippen LogP contribution is -2.37. The molecule has 0 heterocycles. The van der Waals surface area contributed by atoms with E-state index in [1.54, 1.807) is 12.1 Å². The summed E-state index contributed by atoms with van der Waals surface area (Å²) < 4.78 is 31.9. The van der Waals surface area contributed by atoms with Crippen LogP contribution in [-0.2, 0) is 22.6 Å². The minimum Gasteiger partial charge on any atom is -0.497 e. The maximum atomic E-state index is 14.8. The van der Waals surface area contributed by atoms with Crippen LogP contribution >= 0.6 is 0 Å². The molecule has 1 saturated carbocycles. The first-order chi connectivity index (χ1) is 20.6. The molecule has 4 rings (SSSR count). The number of carbonyl (C=O) groups is 2. The zero-order valence-corrected chi connectivity index (χ0v) is 25.2. The highest BCUT2D eigenvalue weighted by Crippen LogP contribution is 2.35. The Morgan fingerprint density at radius 2 is 1.79 bits per heavy atom. The molecule has 3 atom stereocenters. The molecule has 1 aliphatic rings. The molecule has 0 bridgehead atoms. The normalized spacial score (nSPS) is 18.2. The van der Waals surface area contributed by atoms with E-state index in [0.717, 1.165) is 24.1 Å². The largest absolute Gasteiger partial charge is 0.497 e. The lowest BCUT2D eigenvalue weighted by Gasteiger charge is -2.37. The van der Waals surface area contributed by atoms with Gasteiger partial charge in [-0.15, -0.1) is 0 Å². The Morgan fingerprint density at radius 1 is 1.02 bits per heavy atom. The van der Waals surface area contributed by atoms with E-state index in [9.17, 15) is 19.1 Å². The second kappa shape index (κ2) is 14.9. The fraction of sp³-hybridized carbons (Fsp3) is 0.412. The number of anilines is 1. The lowest BCUT2D eigenvalue weighted by molar-refractivity contribution is -0.131. The van der Waals surface area contributed by atoms with Gasteiger partial charge in [0.15, 0.2) is 0 Å². The van der Waals surface area contributed by atoms with Crippen molar-refractivity contribution in [3.63, 3.8) is 0 Å². The van der Waals surface area contributed by atoms with Gasteiger partial charge in [0.1, 0.15) is 35.2 Å². The predicted molar refractivity (Wildman–Crippen MR) is 163 cm³/mol. The van der Waals surface area contributed by atoms with Crippen LogP contribution in [0, 0.1) is 23.6 Å². The number of benzene rings is 3. The van der Waals surface area contributed by atoms with Crippen molar-refractivity contribution in [3.05, 3.63) is 83.2 Å². The number of carbonyl (C=O) groups excluding carboxylic acids is 1. The zero-order chi connectivity index (χ0) is 30.9. The summed E-state index contributed by atoms with van der Waals surface area (Å²) in [5.41, 5.74) is 1.81. The summed E-state index contributed by atoms with van der Waals surface area (Å²) in [5, 5.41) is 15.7. The van der Waals surface area contributed by atoms with E-state index in [0.29, 0.717) is 30.0 Å². The van der Waals surface area contributed by atoms with Crippen LogP contribution < -0.4 is 20.1 Å². The zero-order valence-electron chi connectivity index (χ0n) is 25.2. The third-order valence-corrected chi connectivity index (χ3v) is 8.02. The first kappa shape index (κ1) is 31.8. The summed E-state index contributed by atoms with van der Waals surface area (Å²) >= 11 is 0. The summed E-state index contributed by atoms with van der Waals surface area (Å²) in [4.78, 5) is 24.2. The highest BCUT2D eigenvalue weighted by Gasteiger charge is 2.31. The molecule has 0 saturated heterocycles. The predicted octanol–water partition coefficient (Wildman–Crippen LogP) is 7.03. The summed E-state index contributed by atoms with van der Waals surface area (Å²) in [6, 6.07) is 16.3. The molecule has 230 valence electrons. The van der Waals surface area contributed by atoms with Crippen LogP contribution in [0.4, 0.5) is 10.1 Å². The van der Waals surface area contributed by atoms with E-state index >= 15 is 0 Å². The van der Waals surface area contributed by atoms with Crippen molar-refractivity contribution in [2.75, 3.05) is 19.0 Å². The lowest BCUT2D eigenvalue weighted by atomic mass is 9.75. The number of carboxylic acids is 1. The summed E-state index contributed by atoms with van der Waals surface area (Å²) in [7, 11) is 1.44. The van der Waals surface area contributed by atoms with E-state index in [-0.39, 0.29) is 47.8 Å². The van der Waals surface area contributed by atoms with Gasteiger partial charge in [-0.2, -0.15) is 0 Å². The van der Waals surface area contributed by atoms with Crippen molar-refractivity contribution in [2.24, 2.45) is 17.8 Å². The van der Waals surface area contributed by atoms with Crippen LogP contribution in [0.1, 0.15) is 61.5 Å². The Balaban J connectivity index is 1.31. The number of rotatable bonds is 13. The smallest absolute Gasteiger partial charge is 0.339 e. The average Bonchev–Trinajstić information content (AvgIpc) is 2.99. The fourth-order valence-electron chi connectivity index (χ4n) is 5.49. The van der Waals surface area contributed by atoms with Crippen LogP contribution in [0.5, 0.6) is 17.2 Å². The van der Waals surface area contributed by atoms with Crippen molar-refractivity contribution >= 4 is 17.6 Å². The second-order valence-electron chi connectivity index (χ2n) is 11.5. The molecule has 9 heteroatoms. The molecule has 8 nitrogen and oxygen atoms in total. The van der Waals surface area contributed by atoms with Crippen molar-refractivity contribution in [1.29, 1.82) is 0 Å². The van der Waals surface area contributed by atoms with E-state index < -0.39 is 11.8 Å².